The molecule has 2 rings (SSSR count). The lowest BCUT2D eigenvalue weighted by Gasteiger charge is -2.19. The summed E-state index contributed by atoms with van der Waals surface area (Å²) in [7, 11) is 0. The third-order valence-corrected chi connectivity index (χ3v) is 2.74. The number of nitrogens with two attached hydrogens (primary N) is 1. The maximum Gasteiger partial charge on any atom is 0.328 e. The molecule has 0 spiro atoms. The molecule has 1 atom stereocenters. The van der Waals surface area contributed by atoms with Gasteiger partial charge in [0.1, 0.15) is 11.3 Å². The standard InChI is InChI=1S/C10H11NO3/c11-10(9(13)14)4-3-6-5-7(12)1-2-8(6)10/h1-2,5,12H,3-4,11H2,(H,13,14)/t10-/m1/s1. The third-order valence-electron chi connectivity index (χ3n) is 2.74. The molecule has 74 valence electrons. The lowest BCUT2D eigenvalue weighted by molar-refractivity contribution is -0.143. The van der Waals surface area contributed by atoms with Crippen molar-refractivity contribution in [2.75, 3.05) is 0 Å². The zero-order chi connectivity index (χ0) is 10.3. The normalized spacial score (nSPS) is 24.6. The van der Waals surface area contributed by atoms with Crippen molar-refractivity contribution in [1.82, 2.24) is 0 Å². The van der Waals surface area contributed by atoms with Gasteiger partial charge in [0.05, 0.1) is 0 Å². The molecule has 0 aromatic heterocycles. The Morgan fingerprint density at radius 2 is 2.21 bits per heavy atom. The van der Waals surface area contributed by atoms with Gasteiger partial charge < -0.3 is 15.9 Å². The molecule has 1 aliphatic rings. The van der Waals surface area contributed by atoms with Gasteiger partial charge in [-0.05, 0) is 36.1 Å². The summed E-state index contributed by atoms with van der Waals surface area (Å²) in [5, 5.41) is 18.2. The quantitative estimate of drug-likeness (QED) is 0.609. The summed E-state index contributed by atoms with van der Waals surface area (Å²) in [5.74, 6) is -0.861. The number of aromatic hydroxyl groups is 1. The number of benzene rings is 1. The van der Waals surface area contributed by atoms with Gasteiger partial charge in [0, 0.05) is 0 Å². The fourth-order valence-electron chi connectivity index (χ4n) is 1.91. The number of fused-ring (bicyclic) bond motifs is 1. The largest absolute Gasteiger partial charge is 0.508 e. The summed E-state index contributed by atoms with van der Waals surface area (Å²) in [6.07, 6.45) is 0.994. The zero-order valence-corrected chi connectivity index (χ0v) is 7.53. The van der Waals surface area contributed by atoms with Crippen molar-refractivity contribution in [2.45, 2.75) is 18.4 Å². The van der Waals surface area contributed by atoms with Gasteiger partial charge in [0.15, 0.2) is 0 Å². The van der Waals surface area contributed by atoms with Crippen molar-refractivity contribution in [3.63, 3.8) is 0 Å². The Balaban J connectivity index is 2.55. The first-order valence-corrected chi connectivity index (χ1v) is 4.39. The summed E-state index contributed by atoms with van der Waals surface area (Å²) >= 11 is 0. The van der Waals surface area contributed by atoms with Crippen molar-refractivity contribution in [2.24, 2.45) is 5.73 Å². The molecule has 0 saturated heterocycles. The molecule has 0 amide bonds. The van der Waals surface area contributed by atoms with Crippen LogP contribution in [0.3, 0.4) is 0 Å². The number of hydrogen-bond donors (Lipinski definition) is 3. The molecule has 0 radical (unpaired) electrons. The number of carboxylic acid groups (broad SMARTS) is 1. The predicted molar refractivity (Wildman–Crippen MR) is 49.9 cm³/mol. The molecule has 1 aromatic carbocycles. The first-order valence-electron chi connectivity index (χ1n) is 4.39. The van der Waals surface area contributed by atoms with Gasteiger partial charge in [-0.3, -0.25) is 0 Å². The van der Waals surface area contributed by atoms with E-state index in [2.05, 4.69) is 0 Å². The summed E-state index contributed by atoms with van der Waals surface area (Å²) in [5.41, 5.74) is 5.95. The van der Waals surface area contributed by atoms with Crippen LogP contribution in [0, 0.1) is 0 Å². The molecule has 4 heteroatoms. The Bertz CT molecular complexity index is 402. The van der Waals surface area contributed by atoms with E-state index in [1.165, 1.54) is 6.07 Å². The first kappa shape index (κ1) is 9.02. The van der Waals surface area contributed by atoms with E-state index in [1.807, 2.05) is 0 Å². The number of rotatable bonds is 1. The lowest BCUT2D eigenvalue weighted by Crippen LogP contribution is -2.42. The fourth-order valence-corrected chi connectivity index (χ4v) is 1.91. The van der Waals surface area contributed by atoms with Crippen LogP contribution < -0.4 is 5.73 Å². The van der Waals surface area contributed by atoms with Crippen molar-refractivity contribution in [3.8, 4) is 5.75 Å². The van der Waals surface area contributed by atoms with E-state index in [9.17, 15) is 9.90 Å². The first-order chi connectivity index (χ1) is 6.54. The Labute approximate surface area is 81.0 Å². The van der Waals surface area contributed by atoms with Gasteiger partial charge in [0.25, 0.3) is 0 Å². The maximum absolute atomic E-state index is 11.0. The van der Waals surface area contributed by atoms with Crippen molar-refractivity contribution in [3.05, 3.63) is 29.3 Å². The molecule has 0 aliphatic heterocycles. The maximum atomic E-state index is 11.0. The van der Waals surface area contributed by atoms with Crippen LogP contribution in [0.5, 0.6) is 5.75 Å². The summed E-state index contributed by atoms with van der Waals surface area (Å²) in [4.78, 5) is 11.0. The van der Waals surface area contributed by atoms with Gasteiger partial charge in [-0.2, -0.15) is 0 Å². The Morgan fingerprint density at radius 1 is 1.50 bits per heavy atom. The molecular formula is C10H11NO3. The van der Waals surface area contributed by atoms with E-state index in [0.717, 1.165) is 5.56 Å². The highest BCUT2D eigenvalue weighted by Crippen LogP contribution is 2.36. The second-order valence-electron chi connectivity index (χ2n) is 3.62. The highest BCUT2D eigenvalue weighted by molar-refractivity contribution is 5.82. The Hall–Kier alpha value is -1.55. The van der Waals surface area contributed by atoms with Crippen LogP contribution in [0.25, 0.3) is 0 Å². The van der Waals surface area contributed by atoms with Gasteiger partial charge >= 0.3 is 5.97 Å². The SMILES string of the molecule is N[C@]1(C(=O)O)CCc2cc(O)ccc21. The number of aliphatic carboxylic acids is 1. The molecule has 4 nitrogen and oxygen atoms in total. The smallest absolute Gasteiger partial charge is 0.328 e. The number of phenolic OH excluding ortho intramolecular Hbond substituents is 1. The van der Waals surface area contributed by atoms with Crippen LogP contribution in [-0.4, -0.2) is 16.2 Å². The molecule has 0 heterocycles. The number of hydrogen-bond acceptors (Lipinski definition) is 3. The monoisotopic (exact) mass is 193 g/mol. The van der Waals surface area contributed by atoms with E-state index in [-0.39, 0.29) is 5.75 Å². The van der Waals surface area contributed by atoms with Crippen molar-refractivity contribution in [1.29, 1.82) is 0 Å². The summed E-state index contributed by atoms with van der Waals surface area (Å²) in [6, 6.07) is 4.63. The van der Waals surface area contributed by atoms with E-state index >= 15 is 0 Å². The molecule has 4 N–H and O–H groups in total. The van der Waals surface area contributed by atoms with Crippen LogP contribution in [0.2, 0.25) is 0 Å². The van der Waals surface area contributed by atoms with E-state index in [1.54, 1.807) is 12.1 Å². The molecule has 1 aromatic rings. The average molecular weight is 193 g/mol. The van der Waals surface area contributed by atoms with Crippen LogP contribution in [0.1, 0.15) is 17.5 Å². The van der Waals surface area contributed by atoms with Gasteiger partial charge in [-0.1, -0.05) is 6.07 Å². The topological polar surface area (TPSA) is 83.6 Å². The summed E-state index contributed by atoms with van der Waals surface area (Å²) in [6.45, 7) is 0. The third kappa shape index (κ3) is 1.08. The molecule has 14 heavy (non-hydrogen) atoms. The molecule has 0 bridgehead atoms. The fraction of sp³-hybridized carbons (Fsp3) is 0.300. The number of carboxylic acids is 1. The second-order valence-corrected chi connectivity index (χ2v) is 3.62. The van der Waals surface area contributed by atoms with Crippen molar-refractivity contribution < 1.29 is 15.0 Å². The van der Waals surface area contributed by atoms with E-state index in [0.29, 0.717) is 18.4 Å². The molecular weight excluding hydrogens is 182 g/mol. The number of phenols is 1. The minimum absolute atomic E-state index is 0.151. The summed E-state index contributed by atoms with van der Waals surface area (Å²) < 4.78 is 0. The molecule has 0 fully saturated rings. The Kier molecular flexibility index (Phi) is 1.75. The number of aryl methyl sites for hydroxylation is 1. The van der Waals surface area contributed by atoms with Crippen LogP contribution in [0.15, 0.2) is 18.2 Å². The second kappa shape index (κ2) is 2.72. The highest BCUT2D eigenvalue weighted by atomic mass is 16.4. The highest BCUT2D eigenvalue weighted by Gasteiger charge is 2.41. The average Bonchev–Trinajstić information content (AvgIpc) is 2.45. The van der Waals surface area contributed by atoms with Crippen LogP contribution in [-0.2, 0) is 16.8 Å². The molecule has 1 aliphatic carbocycles. The number of carbonyl (C=O) groups is 1. The van der Waals surface area contributed by atoms with Crippen LogP contribution >= 0.6 is 0 Å². The zero-order valence-electron chi connectivity index (χ0n) is 7.53. The lowest BCUT2D eigenvalue weighted by atomic mass is 9.93. The minimum Gasteiger partial charge on any atom is -0.508 e. The predicted octanol–water partition coefficient (Wildman–Crippen LogP) is 0.577. The molecule has 0 unspecified atom stereocenters. The minimum atomic E-state index is -1.27. The van der Waals surface area contributed by atoms with Gasteiger partial charge in [-0.25, -0.2) is 4.79 Å². The van der Waals surface area contributed by atoms with Crippen LogP contribution in [0.4, 0.5) is 0 Å². The van der Waals surface area contributed by atoms with Gasteiger partial charge in [0.2, 0.25) is 0 Å². The van der Waals surface area contributed by atoms with Gasteiger partial charge in [-0.15, -0.1) is 0 Å². The van der Waals surface area contributed by atoms with E-state index < -0.39 is 11.5 Å². The molecule has 0 saturated carbocycles. The van der Waals surface area contributed by atoms with E-state index in [4.69, 9.17) is 10.8 Å². The van der Waals surface area contributed by atoms with Crippen molar-refractivity contribution >= 4 is 5.97 Å². The Morgan fingerprint density at radius 3 is 2.86 bits per heavy atom.